The number of aromatic nitrogens is 2. The number of nitrogens with zero attached hydrogens (tertiary/aromatic N) is 3. The van der Waals surface area contributed by atoms with Crippen molar-refractivity contribution in [3.05, 3.63) is 42.0 Å². The monoisotopic (exact) mass is 268 g/mol. The molecule has 0 radical (unpaired) electrons. The van der Waals surface area contributed by atoms with Crippen LogP contribution in [0.2, 0.25) is 0 Å². The van der Waals surface area contributed by atoms with Crippen LogP contribution >= 0.6 is 0 Å². The van der Waals surface area contributed by atoms with Gasteiger partial charge in [-0.3, -0.25) is 0 Å². The molecule has 0 amide bonds. The van der Waals surface area contributed by atoms with E-state index in [4.69, 9.17) is 0 Å². The Hall–Kier alpha value is -1.94. The van der Waals surface area contributed by atoms with E-state index in [1.54, 1.807) is 0 Å². The summed E-state index contributed by atoms with van der Waals surface area (Å²) in [6.45, 7) is 4.20. The molecule has 1 aliphatic heterocycles. The molecular weight excluding hydrogens is 248 g/mol. The maximum absolute atomic E-state index is 4.37. The Labute approximate surface area is 119 Å². The minimum Gasteiger partial charge on any atom is -0.354 e. The number of benzene rings is 1. The maximum Gasteiger partial charge on any atom is 0.151 e. The van der Waals surface area contributed by atoms with Crippen LogP contribution in [0.4, 0.5) is 5.82 Å². The van der Waals surface area contributed by atoms with Crippen molar-refractivity contribution in [1.82, 2.24) is 15.5 Å². The summed E-state index contributed by atoms with van der Waals surface area (Å²) in [4.78, 5) is 2.21. The van der Waals surface area contributed by atoms with Gasteiger partial charge in [0, 0.05) is 25.2 Å². The van der Waals surface area contributed by atoms with E-state index < -0.39 is 0 Å². The highest BCUT2D eigenvalue weighted by molar-refractivity contribution is 5.60. The molecule has 0 spiro atoms. The van der Waals surface area contributed by atoms with Crippen LogP contribution < -0.4 is 10.2 Å². The van der Waals surface area contributed by atoms with Crippen molar-refractivity contribution in [3.8, 4) is 11.3 Å². The van der Waals surface area contributed by atoms with E-state index in [1.165, 1.54) is 5.56 Å². The first kappa shape index (κ1) is 13.1. The molecule has 1 fully saturated rings. The summed E-state index contributed by atoms with van der Waals surface area (Å²) in [7, 11) is 2.09. The Morgan fingerprint density at radius 3 is 2.50 bits per heavy atom. The van der Waals surface area contributed by atoms with E-state index in [-0.39, 0.29) is 0 Å². The predicted octanol–water partition coefficient (Wildman–Crippen LogP) is 2.25. The Bertz CT molecular complexity index is 556. The highest BCUT2D eigenvalue weighted by atomic mass is 15.3. The lowest BCUT2D eigenvalue weighted by atomic mass is 10.1. The zero-order valence-corrected chi connectivity index (χ0v) is 12.0. The third-order valence-corrected chi connectivity index (χ3v) is 3.94. The van der Waals surface area contributed by atoms with Crippen molar-refractivity contribution in [1.29, 1.82) is 0 Å². The molecule has 0 aliphatic carbocycles. The molecule has 1 N–H and O–H groups in total. The number of hydrogen-bond acceptors (Lipinski definition) is 4. The summed E-state index contributed by atoms with van der Waals surface area (Å²) < 4.78 is 0. The Balaban J connectivity index is 1.78. The Kier molecular flexibility index (Phi) is 3.65. The molecule has 2 aromatic rings. The second-order valence-corrected chi connectivity index (χ2v) is 5.40. The fourth-order valence-corrected chi connectivity index (χ4v) is 2.55. The van der Waals surface area contributed by atoms with E-state index in [0.717, 1.165) is 36.6 Å². The van der Waals surface area contributed by atoms with Gasteiger partial charge in [-0.2, -0.15) is 0 Å². The minimum absolute atomic E-state index is 0.523. The molecule has 104 valence electrons. The van der Waals surface area contributed by atoms with Gasteiger partial charge in [0.25, 0.3) is 0 Å². The number of anilines is 1. The first-order valence-corrected chi connectivity index (χ1v) is 7.08. The average Bonchev–Trinajstić information content (AvgIpc) is 3.02. The van der Waals surface area contributed by atoms with Gasteiger partial charge < -0.3 is 10.2 Å². The van der Waals surface area contributed by atoms with E-state index >= 15 is 0 Å². The van der Waals surface area contributed by atoms with Crippen LogP contribution in [-0.4, -0.2) is 36.4 Å². The van der Waals surface area contributed by atoms with Gasteiger partial charge in [0.1, 0.15) is 0 Å². The van der Waals surface area contributed by atoms with E-state index in [1.807, 2.05) is 6.07 Å². The zero-order chi connectivity index (χ0) is 13.9. The minimum atomic E-state index is 0.523. The molecule has 1 atom stereocenters. The molecule has 0 saturated carbocycles. The molecular formula is C16H20N4. The van der Waals surface area contributed by atoms with Gasteiger partial charge in [-0.1, -0.05) is 29.8 Å². The molecule has 1 aromatic heterocycles. The molecule has 1 saturated heterocycles. The second kappa shape index (κ2) is 5.59. The number of likely N-dealkylation sites (N-methyl/N-ethyl adjacent to an activating group) is 1. The van der Waals surface area contributed by atoms with E-state index in [9.17, 15) is 0 Å². The van der Waals surface area contributed by atoms with Gasteiger partial charge >= 0.3 is 0 Å². The molecule has 1 aliphatic rings. The number of rotatable bonds is 3. The molecule has 2 heterocycles. The second-order valence-electron chi connectivity index (χ2n) is 5.40. The first-order chi connectivity index (χ1) is 9.74. The maximum atomic E-state index is 4.37. The van der Waals surface area contributed by atoms with Gasteiger partial charge in [-0.15, -0.1) is 10.2 Å². The van der Waals surface area contributed by atoms with Crippen LogP contribution in [0.15, 0.2) is 36.4 Å². The van der Waals surface area contributed by atoms with Crippen LogP contribution in [0.5, 0.6) is 0 Å². The van der Waals surface area contributed by atoms with Crippen LogP contribution in [0.25, 0.3) is 11.3 Å². The summed E-state index contributed by atoms with van der Waals surface area (Å²) in [5.74, 6) is 0.939. The SMILES string of the molecule is Cc1ccc(-c2ccc(N(C)C3CCNC3)nn2)cc1. The topological polar surface area (TPSA) is 41.0 Å². The summed E-state index contributed by atoms with van der Waals surface area (Å²) in [6, 6.07) is 13.0. The lowest BCUT2D eigenvalue weighted by molar-refractivity contribution is 0.673. The quantitative estimate of drug-likeness (QED) is 0.927. The Morgan fingerprint density at radius 1 is 1.10 bits per heavy atom. The fourth-order valence-electron chi connectivity index (χ4n) is 2.55. The van der Waals surface area contributed by atoms with Gasteiger partial charge in [0.15, 0.2) is 5.82 Å². The van der Waals surface area contributed by atoms with Gasteiger partial charge in [0.05, 0.1) is 5.69 Å². The summed E-state index contributed by atoms with van der Waals surface area (Å²) in [5, 5.41) is 12.1. The predicted molar refractivity (Wildman–Crippen MR) is 81.9 cm³/mol. The van der Waals surface area contributed by atoms with Crippen molar-refractivity contribution in [3.63, 3.8) is 0 Å². The van der Waals surface area contributed by atoms with Crippen molar-refractivity contribution in [2.24, 2.45) is 0 Å². The van der Waals surface area contributed by atoms with Crippen molar-refractivity contribution >= 4 is 5.82 Å². The normalized spacial score (nSPS) is 18.2. The summed E-state index contributed by atoms with van der Waals surface area (Å²) in [5.41, 5.74) is 3.29. The van der Waals surface area contributed by atoms with Crippen LogP contribution in [0, 0.1) is 6.92 Å². The molecule has 0 bridgehead atoms. The van der Waals surface area contributed by atoms with E-state index in [2.05, 4.69) is 64.7 Å². The number of hydrogen-bond donors (Lipinski definition) is 1. The summed E-state index contributed by atoms with van der Waals surface area (Å²) in [6.07, 6.45) is 1.16. The highest BCUT2D eigenvalue weighted by Gasteiger charge is 2.20. The molecule has 1 unspecified atom stereocenters. The number of aryl methyl sites for hydroxylation is 1. The zero-order valence-electron chi connectivity index (χ0n) is 12.0. The third-order valence-electron chi connectivity index (χ3n) is 3.94. The lowest BCUT2D eigenvalue weighted by Crippen LogP contribution is -2.34. The molecule has 4 nitrogen and oxygen atoms in total. The molecule has 1 aromatic carbocycles. The van der Waals surface area contributed by atoms with Crippen LogP contribution in [0.3, 0.4) is 0 Å². The van der Waals surface area contributed by atoms with Crippen molar-refractivity contribution < 1.29 is 0 Å². The van der Waals surface area contributed by atoms with Gasteiger partial charge in [0.2, 0.25) is 0 Å². The first-order valence-electron chi connectivity index (χ1n) is 7.08. The highest BCUT2D eigenvalue weighted by Crippen LogP contribution is 2.20. The largest absolute Gasteiger partial charge is 0.354 e. The van der Waals surface area contributed by atoms with E-state index in [0.29, 0.717) is 6.04 Å². The molecule has 20 heavy (non-hydrogen) atoms. The third kappa shape index (κ3) is 2.65. The lowest BCUT2D eigenvalue weighted by Gasteiger charge is -2.24. The van der Waals surface area contributed by atoms with Crippen LogP contribution in [0.1, 0.15) is 12.0 Å². The fraction of sp³-hybridized carbons (Fsp3) is 0.375. The van der Waals surface area contributed by atoms with Crippen molar-refractivity contribution in [2.45, 2.75) is 19.4 Å². The summed E-state index contributed by atoms with van der Waals surface area (Å²) >= 11 is 0. The number of nitrogens with one attached hydrogen (secondary N) is 1. The Morgan fingerprint density at radius 2 is 1.90 bits per heavy atom. The van der Waals surface area contributed by atoms with Crippen LogP contribution in [-0.2, 0) is 0 Å². The van der Waals surface area contributed by atoms with Gasteiger partial charge in [-0.25, -0.2) is 0 Å². The van der Waals surface area contributed by atoms with Crippen molar-refractivity contribution in [2.75, 3.05) is 25.0 Å². The molecule has 4 heteroatoms. The average molecular weight is 268 g/mol. The smallest absolute Gasteiger partial charge is 0.151 e. The van der Waals surface area contributed by atoms with Gasteiger partial charge in [-0.05, 0) is 32.0 Å². The standard InChI is InChI=1S/C16H20N4/c1-12-3-5-13(6-4-12)15-7-8-16(19-18-15)20(2)14-9-10-17-11-14/h3-8,14,17H,9-11H2,1-2H3. The molecule has 3 rings (SSSR count).